The summed E-state index contributed by atoms with van der Waals surface area (Å²) >= 11 is 5.84. The monoisotopic (exact) mass is 337 g/mol. The van der Waals surface area contributed by atoms with Crippen molar-refractivity contribution < 1.29 is 9.59 Å². The zero-order chi connectivity index (χ0) is 16.8. The summed E-state index contributed by atoms with van der Waals surface area (Å²) in [6, 6.07) is 6.93. The topological polar surface area (TPSA) is 52.7 Å². The van der Waals surface area contributed by atoms with E-state index in [1.807, 2.05) is 23.9 Å². The Kier molecular flexibility index (Phi) is 6.42. The number of nitrogens with zero attached hydrogens (tertiary/aromatic N) is 2. The van der Waals surface area contributed by atoms with Gasteiger partial charge in [-0.2, -0.15) is 0 Å². The summed E-state index contributed by atoms with van der Waals surface area (Å²) in [4.78, 5) is 28.4. The molecule has 1 aliphatic heterocycles. The number of hydrogen-bond donors (Lipinski definition) is 1. The highest BCUT2D eigenvalue weighted by Crippen LogP contribution is 2.20. The molecule has 6 heteroatoms. The zero-order valence-electron chi connectivity index (χ0n) is 13.7. The molecule has 5 nitrogen and oxygen atoms in total. The summed E-state index contributed by atoms with van der Waals surface area (Å²) in [5.41, 5.74) is 0.642. The van der Waals surface area contributed by atoms with Crippen LogP contribution in [0.3, 0.4) is 0 Å². The number of likely N-dealkylation sites (N-methyl/N-ethyl adjacent to an activating group) is 1. The zero-order valence-corrected chi connectivity index (χ0v) is 14.5. The molecule has 1 saturated heterocycles. The normalized spacial score (nSPS) is 15.7. The minimum absolute atomic E-state index is 0.00595. The summed E-state index contributed by atoms with van der Waals surface area (Å²) in [6.45, 7) is 2.73. The summed E-state index contributed by atoms with van der Waals surface area (Å²) in [5.74, 6) is 0.116. The lowest BCUT2D eigenvalue weighted by Crippen LogP contribution is -2.44. The van der Waals surface area contributed by atoms with E-state index in [0.717, 1.165) is 6.54 Å². The number of carbonyl (C=O) groups excluding carboxylic acids is 2. The number of benzene rings is 1. The van der Waals surface area contributed by atoms with Gasteiger partial charge in [0.15, 0.2) is 0 Å². The van der Waals surface area contributed by atoms with Crippen LogP contribution in [-0.4, -0.2) is 61.9 Å². The Morgan fingerprint density at radius 2 is 1.83 bits per heavy atom. The molecule has 23 heavy (non-hydrogen) atoms. The minimum Gasteiger partial charge on any atom is -0.355 e. The summed E-state index contributed by atoms with van der Waals surface area (Å²) in [5, 5.41) is 3.59. The SMILES string of the molecule is CN(C)CCNC(=O)C1CCN(C(=O)c2ccc(Cl)cc2)CC1. The standard InChI is InChI=1S/C17H24ClN3O2/c1-20(2)12-9-19-16(22)13-7-10-21(11-8-13)17(23)14-3-5-15(18)6-4-14/h3-6,13H,7-12H2,1-2H3,(H,19,22). The van der Waals surface area contributed by atoms with E-state index < -0.39 is 0 Å². The fourth-order valence-electron chi connectivity index (χ4n) is 2.67. The van der Waals surface area contributed by atoms with Crippen LogP contribution in [-0.2, 0) is 4.79 Å². The van der Waals surface area contributed by atoms with Gasteiger partial charge in [-0.15, -0.1) is 0 Å². The Bertz CT molecular complexity index is 537. The molecule has 0 aromatic heterocycles. The Balaban J connectivity index is 1.80. The maximum absolute atomic E-state index is 12.4. The van der Waals surface area contributed by atoms with E-state index in [9.17, 15) is 9.59 Å². The number of amides is 2. The van der Waals surface area contributed by atoms with Crippen LogP contribution in [0.15, 0.2) is 24.3 Å². The molecule has 0 aliphatic carbocycles. The van der Waals surface area contributed by atoms with Gasteiger partial charge < -0.3 is 15.1 Å². The fourth-order valence-corrected chi connectivity index (χ4v) is 2.79. The van der Waals surface area contributed by atoms with Crippen LogP contribution in [0.4, 0.5) is 0 Å². The van der Waals surface area contributed by atoms with Crippen LogP contribution in [0, 0.1) is 5.92 Å². The van der Waals surface area contributed by atoms with Crippen molar-refractivity contribution in [2.24, 2.45) is 5.92 Å². The number of nitrogens with one attached hydrogen (secondary N) is 1. The third-order valence-electron chi connectivity index (χ3n) is 4.10. The van der Waals surface area contributed by atoms with E-state index in [-0.39, 0.29) is 17.7 Å². The van der Waals surface area contributed by atoms with Crippen molar-refractivity contribution in [2.75, 3.05) is 40.3 Å². The van der Waals surface area contributed by atoms with Crippen LogP contribution < -0.4 is 5.32 Å². The van der Waals surface area contributed by atoms with Gasteiger partial charge in [-0.1, -0.05) is 11.6 Å². The predicted molar refractivity (Wildman–Crippen MR) is 91.6 cm³/mol. The molecule has 1 fully saturated rings. The smallest absolute Gasteiger partial charge is 0.253 e. The van der Waals surface area contributed by atoms with Gasteiger partial charge in [0.2, 0.25) is 5.91 Å². The lowest BCUT2D eigenvalue weighted by molar-refractivity contribution is -0.126. The molecule has 1 aromatic carbocycles. The van der Waals surface area contributed by atoms with Gasteiger partial charge in [-0.3, -0.25) is 9.59 Å². The molecular weight excluding hydrogens is 314 g/mol. The van der Waals surface area contributed by atoms with Gasteiger partial charge in [0.05, 0.1) is 0 Å². The maximum Gasteiger partial charge on any atom is 0.253 e. The van der Waals surface area contributed by atoms with Crippen molar-refractivity contribution in [3.05, 3.63) is 34.9 Å². The molecule has 0 saturated carbocycles. The molecule has 0 bridgehead atoms. The Morgan fingerprint density at radius 3 is 2.39 bits per heavy atom. The first-order valence-electron chi connectivity index (χ1n) is 7.94. The van der Waals surface area contributed by atoms with E-state index in [0.29, 0.717) is 43.1 Å². The average Bonchev–Trinajstić information content (AvgIpc) is 2.54. The summed E-state index contributed by atoms with van der Waals surface area (Å²) in [7, 11) is 3.96. The lowest BCUT2D eigenvalue weighted by Gasteiger charge is -2.31. The van der Waals surface area contributed by atoms with Gasteiger partial charge in [0.25, 0.3) is 5.91 Å². The second-order valence-electron chi connectivity index (χ2n) is 6.17. The number of piperidine rings is 1. The number of hydrogen-bond acceptors (Lipinski definition) is 3. The van der Waals surface area contributed by atoms with Crippen LogP contribution in [0.25, 0.3) is 0 Å². The third kappa shape index (κ3) is 5.22. The predicted octanol–water partition coefficient (Wildman–Crippen LogP) is 1.87. The minimum atomic E-state index is 0.00595. The van der Waals surface area contributed by atoms with Gasteiger partial charge in [0, 0.05) is 42.7 Å². The quantitative estimate of drug-likeness (QED) is 0.892. The van der Waals surface area contributed by atoms with Crippen LogP contribution in [0.1, 0.15) is 23.2 Å². The average molecular weight is 338 g/mol. The summed E-state index contributed by atoms with van der Waals surface area (Å²) < 4.78 is 0. The molecule has 0 atom stereocenters. The van der Waals surface area contributed by atoms with Crippen LogP contribution >= 0.6 is 11.6 Å². The molecule has 1 aliphatic rings. The molecule has 0 radical (unpaired) electrons. The first-order valence-corrected chi connectivity index (χ1v) is 8.32. The van der Waals surface area contributed by atoms with Gasteiger partial charge in [-0.05, 0) is 51.2 Å². The van der Waals surface area contributed by atoms with Gasteiger partial charge >= 0.3 is 0 Å². The molecule has 1 aromatic rings. The highest BCUT2D eigenvalue weighted by atomic mass is 35.5. The number of halogens is 1. The molecular formula is C17H24ClN3O2. The second-order valence-corrected chi connectivity index (χ2v) is 6.60. The van der Waals surface area contributed by atoms with Crippen LogP contribution in [0.2, 0.25) is 5.02 Å². The molecule has 0 unspecified atom stereocenters. The van der Waals surface area contributed by atoms with E-state index in [4.69, 9.17) is 11.6 Å². The van der Waals surface area contributed by atoms with Crippen molar-refractivity contribution in [1.29, 1.82) is 0 Å². The van der Waals surface area contributed by atoms with E-state index in [2.05, 4.69) is 5.32 Å². The van der Waals surface area contributed by atoms with E-state index in [1.54, 1.807) is 24.3 Å². The van der Waals surface area contributed by atoms with E-state index >= 15 is 0 Å². The first kappa shape index (κ1) is 17.8. The molecule has 0 spiro atoms. The number of carbonyl (C=O) groups is 2. The van der Waals surface area contributed by atoms with Crippen molar-refractivity contribution >= 4 is 23.4 Å². The highest BCUT2D eigenvalue weighted by Gasteiger charge is 2.27. The van der Waals surface area contributed by atoms with Gasteiger partial charge in [-0.25, -0.2) is 0 Å². The van der Waals surface area contributed by atoms with Crippen molar-refractivity contribution in [2.45, 2.75) is 12.8 Å². The Morgan fingerprint density at radius 1 is 1.22 bits per heavy atom. The fraction of sp³-hybridized carbons (Fsp3) is 0.529. The Labute approximate surface area is 142 Å². The van der Waals surface area contributed by atoms with Gasteiger partial charge in [0.1, 0.15) is 0 Å². The molecule has 2 rings (SSSR count). The molecule has 1 N–H and O–H groups in total. The maximum atomic E-state index is 12.4. The van der Waals surface area contributed by atoms with Crippen molar-refractivity contribution in [1.82, 2.24) is 15.1 Å². The molecule has 126 valence electrons. The number of likely N-dealkylation sites (tertiary alicyclic amines) is 1. The largest absolute Gasteiger partial charge is 0.355 e. The molecule has 2 amide bonds. The Hall–Kier alpha value is -1.59. The summed E-state index contributed by atoms with van der Waals surface area (Å²) in [6.07, 6.45) is 1.43. The van der Waals surface area contributed by atoms with Crippen LogP contribution in [0.5, 0.6) is 0 Å². The lowest BCUT2D eigenvalue weighted by atomic mass is 9.95. The van der Waals surface area contributed by atoms with E-state index in [1.165, 1.54) is 0 Å². The highest BCUT2D eigenvalue weighted by molar-refractivity contribution is 6.30. The first-order chi connectivity index (χ1) is 11.0. The van der Waals surface area contributed by atoms with Crippen molar-refractivity contribution in [3.63, 3.8) is 0 Å². The number of rotatable bonds is 5. The third-order valence-corrected chi connectivity index (χ3v) is 4.35. The van der Waals surface area contributed by atoms with Crippen molar-refractivity contribution in [3.8, 4) is 0 Å². The second kappa shape index (κ2) is 8.31. The molecule has 1 heterocycles.